The normalized spacial score (nSPS) is 10.6. The summed E-state index contributed by atoms with van der Waals surface area (Å²) in [5.41, 5.74) is 6.74. The summed E-state index contributed by atoms with van der Waals surface area (Å²) in [5.74, 6) is -0.886. The number of anilines is 3. The quantitative estimate of drug-likeness (QED) is 0.323. The second-order valence-electron chi connectivity index (χ2n) is 6.07. The predicted molar refractivity (Wildman–Crippen MR) is 115 cm³/mol. The third-order valence-corrected chi connectivity index (χ3v) is 5.64. The Bertz CT molecular complexity index is 1040. The molecule has 3 aromatic rings. The van der Waals surface area contributed by atoms with Gasteiger partial charge in [-0.3, -0.25) is 0 Å². The molecule has 3 aromatic carbocycles. The van der Waals surface area contributed by atoms with E-state index in [4.69, 9.17) is 22.1 Å². The Balaban J connectivity index is 1.91. The third-order valence-electron chi connectivity index (χ3n) is 4.18. The van der Waals surface area contributed by atoms with Crippen molar-refractivity contribution >= 4 is 46.4 Å². The van der Waals surface area contributed by atoms with Gasteiger partial charge in [0.25, 0.3) is 0 Å². The van der Waals surface area contributed by atoms with E-state index in [2.05, 4.69) is 5.32 Å². The number of para-hydroxylation sites is 1. The van der Waals surface area contributed by atoms with Gasteiger partial charge >= 0.3 is 5.97 Å². The van der Waals surface area contributed by atoms with Crippen LogP contribution in [-0.2, 0) is 5.75 Å². The molecule has 8 heteroatoms. The zero-order valence-electron chi connectivity index (χ0n) is 15.4. The van der Waals surface area contributed by atoms with Gasteiger partial charge in [0.05, 0.1) is 34.8 Å². The van der Waals surface area contributed by atoms with E-state index in [1.807, 2.05) is 24.3 Å². The molecule has 0 bridgehead atoms. The van der Waals surface area contributed by atoms with Crippen molar-refractivity contribution in [1.29, 1.82) is 0 Å². The van der Waals surface area contributed by atoms with Crippen LogP contribution >= 0.6 is 23.4 Å². The third kappa shape index (κ3) is 4.75. The molecule has 0 unspecified atom stereocenters. The SMILES string of the molecule is COc1ccc(CSc2cc(C(=O)O)c(Nc3ccccc3Cl)c(F)c2N)cc1. The summed E-state index contributed by atoms with van der Waals surface area (Å²) in [5, 5.41) is 12.7. The van der Waals surface area contributed by atoms with E-state index >= 15 is 4.39 Å². The van der Waals surface area contributed by atoms with Crippen molar-refractivity contribution in [2.75, 3.05) is 18.2 Å². The van der Waals surface area contributed by atoms with Crippen molar-refractivity contribution in [2.45, 2.75) is 10.6 Å². The second kappa shape index (κ2) is 9.07. The fourth-order valence-corrected chi connectivity index (χ4v) is 3.78. The molecule has 150 valence electrons. The van der Waals surface area contributed by atoms with Crippen LogP contribution < -0.4 is 15.8 Å². The van der Waals surface area contributed by atoms with Crippen LogP contribution in [0.15, 0.2) is 59.5 Å². The van der Waals surface area contributed by atoms with Crippen LogP contribution in [0.1, 0.15) is 15.9 Å². The molecule has 0 saturated heterocycles. The molecule has 0 fully saturated rings. The Morgan fingerprint density at radius 2 is 1.93 bits per heavy atom. The highest BCUT2D eigenvalue weighted by molar-refractivity contribution is 7.98. The number of methoxy groups -OCH3 is 1. The number of aromatic carboxylic acids is 1. The van der Waals surface area contributed by atoms with Crippen LogP contribution in [0.4, 0.5) is 21.5 Å². The monoisotopic (exact) mass is 432 g/mol. The summed E-state index contributed by atoms with van der Waals surface area (Å²) in [6.07, 6.45) is 0. The van der Waals surface area contributed by atoms with Crippen LogP contribution in [0.2, 0.25) is 5.02 Å². The number of halogens is 2. The van der Waals surface area contributed by atoms with E-state index in [9.17, 15) is 9.90 Å². The first-order valence-electron chi connectivity index (χ1n) is 8.53. The van der Waals surface area contributed by atoms with Gasteiger partial charge in [-0.05, 0) is 35.9 Å². The first-order valence-corrected chi connectivity index (χ1v) is 9.89. The number of hydrogen-bond acceptors (Lipinski definition) is 5. The maximum absolute atomic E-state index is 15.0. The topological polar surface area (TPSA) is 84.6 Å². The van der Waals surface area contributed by atoms with Crippen LogP contribution in [0.5, 0.6) is 5.75 Å². The highest BCUT2D eigenvalue weighted by Gasteiger charge is 2.21. The molecule has 0 saturated carbocycles. The van der Waals surface area contributed by atoms with E-state index in [0.717, 1.165) is 11.3 Å². The van der Waals surface area contributed by atoms with Gasteiger partial charge in [-0.2, -0.15) is 0 Å². The Labute approximate surface area is 176 Å². The molecule has 0 aliphatic carbocycles. The highest BCUT2D eigenvalue weighted by atomic mass is 35.5. The molecule has 4 N–H and O–H groups in total. The Morgan fingerprint density at radius 3 is 2.55 bits per heavy atom. The molecule has 0 aromatic heterocycles. The van der Waals surface area contributed by atoms with Crippen molar-refractivity contribution in [2.24, 2.45) is 0 Å². The van der Waals surface area contributed by atoms with Gasteiger partial charge in [-0.15, -0.1) is 11.8 Å². The highest BCUT2D eigenvalue weighted by Crippen LogP contribution is 2.38. The number of carboxylic acids is 1. The van der Waals surface area contributed by atoms with Crippen LogP contribution in [0, 0.1) is 5.82 Å². The number of nitrogen functional groups attached to an aromatic ring is 1. The summed E-state index contributed by atoms with van der Waals surface area (Å²) in [6, 6.07) is 15.4. The first kappa shape index (κ1) is 20.8. The van der Waals surface area contributed by atoms with Crippen LogP contribution in [0.25, 0.3) is 0 Å². The lowest BCUT2D eigenvalue weighted by atomic mass is 10.1. The lowest BCUT2D eigenvalue weighted by molar-refractivity contribution is 0.0697. The summed E-state index contributed by atoms with van der Waals surface area (Å²) >= 11 is 7.35. The average molecular weight is 433 g/mol. The van der Waals surface area contributed by atoms with Crippen molar-refractivity contribution in [3.63, 3.8) is 0 Å². The minimum absolute atomic E-state index is 0.122. The molecule has 5 nitrogen and oxygen atoms in total. The molecule has 0 aliphatic heterocycles. The predicted octanol–water partition coefficient (Wildman–Crippen LogP) is 5.80. The molecular formula is C21H18ClFN2O3S. The number of carboxylic acid groups (broad SMARTS) is 1. The fraction of sp³-hybridized carbons (Fsp3) is 0.0952. The van der Waals surface area contributed by atoms with Gasteiger partial charge in [-0.25, -0.2) is 9.18 Å². The first-order chi connectivity index (χ1) is 13.9. The van der Waals surface area contributed by atoms with Crippen molar-refractivity contribution < 1.29 is 19.0 Å². The van der Waals surface area contributed by atoms with Gasteiger partial charge in [0, 0.05) is 10.6 Å². The molecule has 0 atom stereocenters. The number of rotatable bonds is 7. The number of nitrogens with two attached hydrogens (primary N) is 1. The number of carbonyl (C=O) groups is 1. The second-order valence-corrected chi connectivity index (χ2v) is 7.50. The average Bonchev–Trinajstić information content (AvgIpc) is 2.72. The Kier molecular flexibility index (Phi) is 6.51. The van der Waals surface area contributed by atoms with Crippen molar-refractivity contribution in [3.8, 4) is 5.75 Å². The minimum atomic E-state index is -1.27. The fourth-order valence-electron chi connectivity index (χ4n) is 2.63. The van der Waals surface area contributed by atoms with E-state index in [0.29, 0.717) is 21.4 Å². The maximum atomic E-state index is 15.0. The molecule has 3 rings (SSSR count). The smallest absolute Gasteiger partial charge is 0.337 e. The van der Waals surface area contributed by atoms with Gasteiger partial charge in [-0.1, -0.05) is 35.9 Å². The number of hydrogen-bond donors (Lipinski definition) is 3. The van der Waals surface area contributed by atoms with E-state index < -0.39 is 11.8 Å². The zero-order valence-corrected chi connectivity index (χ0v) is 17.0. The minimum Gasteiger partial charge on any atom is -0.497 e. The Hall–Kier alpha value is -2.90. The molecule has 0 spiro atoms. The number of ether oxygens (including phenoxy) is 1. The van der Waals surface area contributed by atoms with Gasteiger partial charge in [0.15, 0.2) is 5.82 Å². The summed E-state index contributed by atoms with van der Waals surface area (Å²) in [4.78, 5) is 12.1. The summed E-state index contributed by atoms with van der Waals surface area (Å²) < 4.78 is 20.1. The van der Waals surface area contributed by atoms with Crippen LogP contribution in [-0.4, -0.2) is 18.2 Å². The zero-order chi connectivity index (χ0) is 21.0. The molecular weight excluding hydrogens is 415 g/mol. The lowest BCUT2D eigenvalue weighted by Gasteiger charge is -2.16. The van der Waals surface area contributed by atoms with Gasteiger partial charge in [0.1, 0.15) is 5.75 Å². The number of nitrogens with one attached hydrogen (secondary N) is 1. The Morgan fingerprint density at radius 1 is 1.24 bits per heavy atom. The molecule has 0 amide bonds. The van der Waals surface area contributed by atoms with E-state index in [1.165, 1.54) is 17.8 Å². The van der Waals surface area contributed by atoms with E-state index in [1.54, 1.807) is 31.4 Å². The summed E-state index contributed by atoms with van der Waals surface area (Å²) in [7, 11) is 1.58. The number of benzene rings is 3. The van der Waals surface area contributed by atoms with Crippen molar-refractivity contribution in [3.05, 3.63) is 76.6 Å². The lowest BCUT2D eigenvalue weighted by Crippen LogP contribution is -2.09. The molecule has 0 aliphatic rings. The standard InChI is InChI=1S/C21H18ClFN2O3S/c1-28-13-8-6-12(7-9-13)11-29-17-10-14(21(26)27)20(18(23)19(17)24)25-16-5-3-2-4-15(16)22/h2-10,25H,11,24H2,1H3,(H,26,27). The molecule has 0 radical (unpaired) electrons. The summed E-state index contributed by atoms with van der Waals surface area (Å²) in [6.45, 7) is 0. The van der Waals surface area contributed by atoms with Gasteiger partial charge < -0.3 is 20.9 Å². The van der Waals surface area contributed by atoms with Crippen LogP contribution in [0.3, 0.4) is 0 Å². The van der Waals surface area contributed by atoms with E-state index in [-0.39, 0.29) is 16.9 Å². The van der Waals surface area contributed by atoms with Crippen molar-refractivity contribution in [1.82, 2.24) is 0 Å². The maximum Gasteiger partial charge on any atom is 0.337 e. The van der Waals surface area contributed by atoms with Gasteiger partial charge in [0.2, 0.25) is 0 Å². The molecule has 29 heavy (non-hydrogen) atoms. The number of thioether (sulfide) groups is 1. The molecule has 0 heterocycles. The largest absolute Gasteiger partial charge is 0.497 e.